The van der Waals surface area contributed by atoms with E-state index in [-0.39, 0.29) is 0 Å². The number of rotatable bonds is 1. The van der Waals surface area contributed by atoms with Crippen molar-refractivity contribution in [2.24, 2.45) is 0 Å². The highest BCUT2D eigenvalue weighted by molar-refractivity contribution is 5.21. The molecule has 0 aromatic carbocycles. The molecule has 0 saturated heterocycles. The lowest BCUT2D eigenvalue weighted by atomic mass is 10.6. The predicted molar refractivity (Wildman–Crippen MR) is 33.6 cm³/mol. The second-order valence-corrected chi connectivity index (χ2v) is 1.80. The summed E-state index contributed by atoms with van der Waals surface area (Å²) in [5.41, 5.74) is 0.838. The molecule has 0 atom stereocenters. The quantitative estimate of drug-likeness (QED) is 0.582. The molecule has 0 saturated carbocycles. The summed E-state index contributed by atoms with van der Waals surface area (Å²) in [7, 11) is 0. The molecular weight excluding hydrogens is 130 g/mol. The molecule has 0 spiro atoms. The highest BCUT2D eigenvalue weighted by Gasteiger charge is 1.95. The van der Waals surface area contributed by atoms with Crippen molar-refractivity contribution in [2.45, 2.75) is 0 Å². The van der Waals surface area contributed by atoms with Crippen LogP contribution in [0.4, 0.5) is 0 Å². The molecule has 10 heavy (non-hydrogen) atoms. The van der Waals surface area contributed by atoms with E-state index >= 15 is 0 Å². The Labute approximate surface area is 57.1 Å². The summed E-state index contributed by atoms with van der Waals surface area (Å²) in [6, 6.07) is 1.79. The van der Waals surface area contributed by atoms with Gasteiger partial charge >= 0.3 is 0 Å². The first kappa shape index (κ1) is 5.22. The summed E-state index contributed by atoms with van der Waals surface area (Å²) in [6.07, 6.45) is 6.40. The lowest BCUT2D eigenvalue weighted by Gasteiger charge is -1.88. The Balaban J connectivity index is 2.48. The lowest BCUT2D eigenvalue weighted by molar-refractivity contribution is 0.562. The van der Waals surface area contributed by atoms with Crippen molar-refractivity contribution in [3.63, 3.8) is 0 Å². The van der Waals surface area contributed by atoms with Crippen LogP contribution in [0.25, 0.3) is 5.69 Å². The monoisotopic (exact) mass is 135 g/mol. The molecule has 0 aliphatic heterocycles. The molecule has 0 N–H and O–H groups in total. The zero-order valence-electron chi connectivity index (χ0n) is 5.14. The summed E-state index contributed by atoms with van der Waals surface area (Å²) >= 11 is 0. The summed E-state index contributed by atoms with van der Waals surface area (Å²) in [4.78, 5) is 1.49. The van der Waals surface area contributed by atoms with Gasteiger partial charge in [0.15, 0.2) is 0 Å². The van der Waals surface area contributed by atoms with E-state index in [0.717, 1.165) is 5.69 Å². The van der Waals surface area contributed by atoms with E-state index in [4.69, 9.17) is 4.42 Å². The van der Waals surface area contributed by atoms with Gasteiger partial charge in [-0.1, -0.05) is 0 Å². The molecule has 0 fully saturated rings. The van der Waals surface area contributed by atoms with Gasteiger partial charge in [-0.2, -0.15) is 10.2 Å². The van der Waals surface area contributed by atoms with Crippen molar-refractivity contribution in [2.75, 3.05) is 0 Å². The first-order valence-electron chi connectivity index (χ1n) is 2.86. The zero-order valence-corrected chi connectivity index (χ0v) is 5.14. The van der Waals surface area contributed by atoms with Crippen LogP contribution in [0, 0.1) is 0 Å². The van der Waals surface area contributed by atoms with Crippen LogP contribution in [0.1, 0.15) is 0 Å². The van der Waals surface area contributed by atoms with Gasteiger partial charge in [0.1, 0.15) is 12.0 Å². The van der Waals surface area contributed by atoms with Crippen molar-refractivity contribution >= 4 is 0 Å². The first-order chi connectivity index (χ1) is 4.97. The van der Waals surface area contributed by atoms with Crippen molar-refractivity contribution in [3.05, 3.63) is 31.0 Å². The average Bonchev–Trinajstić information content (AvgIpc) is 2.59. The van der Waals surface area contributed by atoms with Crippen molar-refractivity contribution < 1.29 is 4.42 Å². The largest absolute Gasteiger partial charge is 0.470 e. The van der Waals surface area contributed by atoms with Crippen LogP contribution in [-0.2, 0) is 0 Å². The molecule has 2 rings (SSSR count). The minimum Gasteiger partial charge on any atom is -0.470 e. The van der Waals surface area contributed by atoms with E-state index in [2.05, 4.69) is 10.2 Å². The minimum atomic E-state index is 0.838. The van der Waals surface area contributed by atoms with Gasteiger partial charge in [-0.25, -0.2) is 0 Å². The van der Waals surface area contributed by atoms with Crippen LogP contribution >= 0.6 is 0 Å². The summed E-state index contributed by atoms with van der Waals surface area (Å²) in [6.45, 7) is 0. The van der Waals surface area contributed by atoms with Gasteiger partial charge in [0.25, 0.3) is 0 Å². The topological polar surface area (TPSA) is 43.9 Å². The van der Waals surface area contributed by atoms with Crippen LogP contribution in [0.15, 0.2) is 35.4 Å². The normalized spacial score (nSPS) is 10.0. The Bertz CT molecular complexity index is 252. The number of aromatic nitrogens is 3. The van der Waals surface area contributed by atoms with Crippen molar-refractivity contribution in [3.8, 4) is 5.69 Å². The molecule has 4 nitrogen and oxygen atoms in total. The summed E-state index contributed by atoms with van der Waals surface area (Å²) in [5, 5.41) is 7.81. The fourth-order valence-corrected chi connectivity index (χ4v) is 0.720. The molecule has 0 aliphatic rings. The fraction of sp³-hybridized carbons (Fsp3) is 0. The molecule has 0 unspecified atom stereocenters. The van der Waals surface area contributed by atoms with Crippen LogP contribution in [0.5, 0.6) is 0 Å². The van der Waals surface area contributed by atoms with Crippen molar-refractivity contribution in [1.29, 1.82) is 0 Å². The van der Waals surface area contributed by atoms with E-state index < -0.39 is 0 Å². The lowest BCUT2D eigenvalue weighted by Crippen LogP contribution is -1.94. The number of nitrogens with zero attached hydrogens (tertiary/aromatic N) is 3. The molecule has 2 aromatic rings. The second kappa shape index (κ2) is 1.98. The number of hydrogen-bond donors (Lipinski definition) is 0. The van der Waals surface area contributed by atoms with E-state index in [0.29, 0.717) is 0 Å². The Morgan fingerprint density at radius 1 is 1.30 bits per heavy atom. The Kier molecular flexibility index (Phi) is 1.04. The van der Waals surface area contributed by atoms with Gasteiger partial charge in [0.2, 0.25) is 0 Å². The summed E-state index contributed by atoms with van der Waals surface area (Å²) < 4.78 is 4.84. The van der Waals surface area contributed by atoms with Gasteiger partial charge < -0.3 is 4.42 Å². The van der Waals surface area contributed by atoms with E-state index in [1.165, 1.54) is 4.80 Å². The maximum atomic E-state index is 4.84. The Hall–Kier alpha value is -1.58. The van der Waals surface area contributed by atoms with Gasteiger partial charge in [-0.15, -0.1) is 4.80 Å². The third-order valence-electron chi connectivity index (χ3n) is 1.16. The highest BCUT2D eigenvalue weighted by Crippen LogP contribution is 2.02. The molecule has 2 aromatic heterocycles. The zero-order chi connectivity index (χ0) is 6.81. The maximum absolute atomic E-state index is 4.84. The fourth-order valence-electron chi connectivity index (χ4n) is 0.720. The molecule has 0 radical (unpaired) electrons. The molecule has 4 heteroatoms. The Morgan fingerprint density at radius 3 is 2.70 bits per heavy atom. The second-order valence-electron chi connectivity index (χ2n) is 1.80. The molecule has 0 amide bonds. The molecule has 2 heterocycles. The predicted octanol–water partition coefficient (Wildman–Crippen LogP) is 0.860. The number of hydrogen-bond acceptors (Lipinski definition) is 3. The number of furan rings is 1. The molecule has 50 valence electrons. The third kappa shape index (κ3) is 0.699. The molecule has 0 aliphatic carbocycles. The minimum absolute atomic E-state index is 0.838. The van der Waals surface area contributed by atoms with Crippen LogP contribution < -0.4 is 0 Å². The van der Waals surface area contributed by atoms with Gasteiger partial charge in [-0.3, -0.25) is 0 Å². The highest BCUT2D eigenvalue weighted by atomic mass is 16.3. The average molecular weight is 135 g/mol. The standard InChI is InChI=1S/C6H5N3O/c1-4-10-5-6(1)9-7-2-3-8-9/h1-5H. The smallest absolute Gasteiger partial charge is 0.124 e. The van der Waals surface area contributed by atoms with Gasteiger partial charge in [0, 0.05) is 6.07 Å². The molecular formula is C6H5N3O. The Morgan fingerprint density at radius 2 is 2.10 bits per heavy atom. The van der Waals surface area contributed by atoms with E-state index in [1.54, 1.807) is 31.0 Å². The molecule has 0 bridgehead atoms. The van der Waals surface area contributed by atoms with Crippen LogP contribution in [-0.4, -0.2) is 15.0 Å². The van der Waals surface area contributed by atoms with Crippen LogP contribution in [0.2, 0.25) is 0 Å². The van der Waals surface area contributed by atoms with Gasteiger partial charge in [0.05, 0.1) is 18.7 Å². The van der Waals surface area contributed by atoms with Crippen molar-refractivity contribution in [1.82, 2.24) is 15.0 Å². The SMILES string of the molecule is c1cnn(-c2ccoc2)n1. The first-order valence-corrected chi connectivity index (χ1v) is 2.86. The van der Waals surface area contributed by atoms with E-state index in [9.17, 15) is 0 Å². The maximum Gasteiger partial charge on any atom is 0.124 e. The van der Waals surface area contributed by atoms with Gasteiger partial charge in [-0.05, 0) is 0 Å². The van der Waals surface area contributed by atoms with Crippen LogP contribution in [0.3, 0.4) is 0 Å². The summed E-state index contributed by atoms with van der Waals surface area (Å²) in [5.74, 6) is 0. The van der Waals surface area contributed by atoms with E-state index in [1.807, 2.05) is 0 Å². The third-order valence-corrected chi connectivity index (χ3v) is 1.16.